The summed E-state index contributed by atoms with van der Waals surface area (Å²) in [4.78, 5) is 18.0. The van der Waals surface area contributed by atoms with Gasteiger partial charge in [-0.3, -0.25) is 9.67 Å². The van der Waals surface area contributed by atoms with Crippen molar-refractivity contribution < 1.29 is 9.53 Å². The van der Waals surface area contributed by atoms with E-state index in [9.17, 15) is 4.79 Å². The highest BCUT2D eigenvalue weighted by molar-refractivity contribution is 5.80. The number of amides is 1. The fraction of sp³-hybridized carbons (Fsp3) is 0.476. The van der Waals surface area contributed by atoms with Gasteiger partial charge in [-0.15, -0.1) is 0 Å². The molecule has 0 unspecified atom stereocenters. The van der Waals surface area contributed by atoms with Crippen molar-refractivity contribution in [2.24, 2.45) is 4.99 Å². The fourth-order valence-corrected chi connectivity index (χ4v) is 3.07. The van der Waals surface area contributed by atoms with Crippen LogP contribution in [0.25, 0.3) is 0 Å². The third-order valence-corrected chi connectivity index (χ3v) is 4.55. The molecule has 1 saturated heterocycles. The number of likely N-dealkylation sites (tertiary alicyclic amines) is 1. The molecule has 0 atom stereocenters. The average Bonchev–Trinajstić information content (AvgIpc) is 3.13. The number of aliphatic imine (C=N–C) groups is 1. The Labute approximate surface area is 171 Å². The highest BCUT2D eigenvalue weighted by Crippen LogP contribution is 2.15. The summed E-state index contributed by atoms with van der Waals surface area (Å²) in [6, 6.07) is 10.4. The lowest BCUT2D eigenvalue weighted by Gasteiger charge is -2.40. The third-order valence-electron chi connectivity index (χ3n) is 4.55. The third kappa shape index (κ3) is 5.97. The van der Waals surface area contributed by atoms with Crippen LogP contribution in [0.4, 0.5) is 4.79 Å². The van der Waals surface area contributed by atoms with Crippen molar-refractivity contribution in [3.05, 3.63) is 53.9 Å². The minimum atomic E-state index is -0.475. The van der Waals surface area contributed by atoms with E-state index >= 15 is 0 Å². The van der Waals surface area contributed by atoms with Crippen molar-refractivity contribution in [2.75, 3.05) is 20.1 Å². The van der Waals surface area contributed by atoms with Gasteiger partial charge in [0, 0.05) is 39.1 Å². The lowest BCUT2D eigenvalue weighted by molar-refractivity contribution is 0.00701. The van der Waals surface area contributed by atoms with Crippen molar-refractivity contribution in [2.45, 2.75) is 45.5 Å². The van der Waals surface area contributed by atoms with Crippen LogP contribution in [0.3, 0.4) is 0 Å². The molecule has 8 heteroatoms. The number of aromatic nitrogens is 2. The van der Waals surface area contributed by atoms with E-state index < -0.39 is 5.60 Å². The van der Waals surface area contributed by atoms with Crippen LogP contribution < -0.4 is 10.6 Å². The Balaban J connectivity index is 1.48. The number of carbonyl (C=O) groups excluding carboxylic acids is 1. The largest absolute Gasteiger partial charge is 0.444 e. The Kier molecular flexibility index (Phi) is 6.41. The highest BCUT2D eigenvalue weighted by Gasteiger charge is 2.34. The molecule has 8 nitrogen and oxygen atoms in total. The van der Waals surface area contributed by atoms with E-state index in [1.54, 1.807) is 18.1 Å². The van der Waals surface area contributed by atoms with Crippen LogP contribution in [0.15, 0.2) is 47.7 Å². The van der Waals surface area contributed by atoms with Crippen molar-refractivity contribution in [3.8, 4) is 0 Å². The molecule has 0 bridgehead atoms. The predicted molar refractivity (Wildman–Crippen MR) is 113 cm³/mol. The molecule has 0 saturated carbocycles. The maximum absolute atomic E-state index is 12.0. The van der Waals surface area contributed by atoms with Crippen molar-refractivity contribution >= 4 is 12.1 Å². The number of nitrogens with one attached hydrogen (secondary N) is 2. The number of ether oxygens (including phenoxy) is 1. The number of hydrogen-bond donors (Lipinski definition) is 2. The number of nitrogens with zero attached hydrogens (tertiary/aromatic N) is 4. The normalized spacial score (nSPS) is 15.0. The number of guanidine groups is 1. The van der Waals surface area contributed by atoms with Gasteiger partial charge in [-0.25, -0.2) is 4.79 Å². The molecule has 0 radical (unpaired) electrons. The van der Waals surface area contributed by atoms with E-state index in [0.29, 0.717) is 25.6 Å². The zero-order valence-corrected chi connectivity index (χ0v) is 17.6. The monoisotopic (exact) mass is 398 g/mol. The Morgan fingerprint density at radius 2 is 1.97 bits per heavy atom. The van der Waals surface area contributed by atoms with Crippen molar-refractivity contribution in [1.82, 2.24) is 25.3 Å². The standard InChI is InChI=1S/C21H30N6O2/c1-21(2,3)29-20(28)26-14-18(15-26)25-19(22-4)23-12-16-8-5-6-9-17(16)13-27-11-7-10-24-27/h5-11,18H,12-15H2,1-4H3,(H2,22,23,25). The number of carbonyl (C=O) groups is 1. The van der Waals surface area contributed by atoms with Gasteiger partial charge in [0.25, 0.3) is 0 Å². The summed E-state index contributed by atoms with van der Waals surface area (Å²) in [6.07, 6.45) is 3.47. The Morgan fingerprint density at radius 1 is 1.24 bits per heavy atom. The van der Waals surface area contributed by atoms with E-state index in [4.69, 9.17) is 4.74 Å². The van der Waals surface area contributed by atoms with Gasteiger partial charge < -0.3 is 20.3 Å². The number of hydrogen-bond acceptors (Lipinski definition) is 4. The first kappa shape index (κ1) is 20.7. The van der Waals surface area contributed by atoms with Crippen LogP contribution in [0, 0.1) is 0 Å². The molecule has 3 rings (SSSR count). The molecule has 1 amide bonds. The first-order chi connectivity index (χ1) is 13.8. The second-order valence-corrected chi connectivity index (χ2v) is 8.12. The Morgan fingerprint density at radius 3 is 2.59 bits per heavy atom. The zero-order chi connectivity index (χ0) is 20.9. The molecule has 1 aliphatic heterocycles. The first-order valence-corrected chi connectivity index (χ1v) is 9.83. The molecule has 1 aliphatic rings. The quantitative estimate of drug-likeness (QED) is 0.596. The second-order valence-electron chi connectivity index (χ2n) is 8.12. The smallest absolute Gasteiger partial charge is 0.410 e. The Bertz CT molecular complexity index is 835. The van der Waals surface area contributed by atoms with Crippen molar-refractivity contribution in [1.29, 1.82) is 0 Å². The van der Waals surface area contributed by atoms with Crippen LogP contribution in [0.5, 0.6) is 0 Å². The summed E-state index contributed by atoms with van der Waals surface area (Å²) in [5.41, 5.74) is 1.92. The molecule has 0 spiro atoms. The zero-order valence-electron chi connectivity index (χ0n) is 17.6. The van der Waals surface area contributed by atoms with Crippen LogP contribution in [0.2, 0.25) is 0 Å². The summed E-state index contributed by atoms with van der Waals surface area (Å²) < 4.78 is 7.30. The molecule has 1 aromatic carbocycles. The molecule has 1 aromatic heterocycles. The number of benzene rings is 1. The topological polar surface area (TPSA) is 83.8 Å². The SMILES string of the molecule is CN=C(NCc1ccccc1Cn1cccn1)NC1CN(C(=O)OC(C)(C)C)C1. The average molecular weight is 399 g/mol. The summed E-state index contributed by atoms with van der Waals surface area (Å²) in [5.74, 6) is 0.715. The minimum absolute atomic E-state index is 0.160. The van der Waals surface area contributed by atoms with Crippen LogP contribution in [0.1, 0.15) is 31.9 Å². The molecular weight excluding hydrogens is 368 g/mol. The van der Waals surface area contributed by atoms with Crippen molar-refractivity contribution in [3.63, 3.8) is 0 Å². The lowest BCUT2D eigenvalue weighted by Crippen LogP contribution is -2.63. The molecule has 2 aromatic rings. The van der Waals surface area contributed by atoms with Gasteiger partial charge >= 0.3 is 6.09 Å². The molecular formula is C21H30N6O2. The summed E-state index contributed by atoms with van der Waals surface area (Å²) >= 11 is 0. The van der Waals surface area contributed by atoms with Gasteiger partial charge in [-0.2, -0.15) is 5.10 Å². The van der Waals surface area contributed by atoms with E-state index in [-0.39, 0.29) is 12.1 Å². The summed E-state index contributed by atoms with van der Waals surface area (Å²) in [5, 5.41) is 11.0. The van der Waals surface area contributed by atoms with E-state index in [2.05, 4.69) is 32.9 Å². The predicted octanol–water partition coefficient (Wildman–Crippen LogP) is 2.22. The van der Waals surface area contributed by atoms with E-state index in [0.717, 1.165) is 6.54 Å². The van der Waals surface area contributed by atoms with Crippen LogP contribution >= 0.6 is 0 Å². The molecule has 29 heavy (non-hydrogen) atoms. The molecule has 156 valence electrons. The molecule has 1 fully saturated rings. The lowest BCUT2D eigenvalue weighted by atomic mass is 10.1. The van der Waals surface area contributed by atoms with Gasteiger partial charge in [0.2, 0.25) is 0 Å². The fourth-order valence-electron chi connectivity index (χ4n) is 3.07. The van der Waals surface area contributed by atoms with Gasteiger partial charge in [0.15, 0.2) is 5.96 Å². The molecule has 2 heterocycles. The second kappa shape index (κ2) is 8.98. The summed E-state index contributed by atoms with van der Waals surface area (Å²) in [6.45, 7) is 8.20. The molecule has 0 aliphatic carbocycles. The van der Waals surface area contributed by atoms with E-state index in [1.807, 2.05) is 49.8 Å². The maximum Gasteiger partial charge on any atom is 0.410 e. The summed E-state index contributed by atoms with van der Waals surface area (Å²) in [7, 11) is 1.75. The van der Waals surface area contributed by atoms with Gasteiger partial charge in [-0.1, -0.05) is 24.3 Å². The minimum Gasteiger partial charge on any atom is -0.444 e. The van der Waals surface area contributed by atoms with E-state index in [1.165, 1.54) is 11.1 Å². The van der Waals surface area contributed by atoms with Crippen LogP contribution in [-0.2, 0) is 17.8 Å². The van der Waals surface area contributed by atoms with Gasteiger partial charge in [-0.05, 0) is 38.0 Å². The Hall–Kier alpha value is -3.03. The molecule has 2 N–H and O–H groups in total. The van der Waals surface area contributed by atoms with Gasteiger partial charge in [0.1, 0.15) is 5.60 Å². The van der Waals surface area contributed by atoms with Crippen LogP contribution in [-0.4, -0.2) is 58.5 Å². The highest BCUT2D eigenvalue weighted by atomic mass is 16.6. The maximum atomic E-state index is 12.0. The number of rotatable bonds is 5. The first-order valence-electron chi connectivity index (χ1n) is 9.83. The van der Waals surface area contributed by atoms with Gasteiger partial charge in [0.05, 0.1) is 12.6 Å².